The maximum Gasteiger partial charge on any atom is 0.309 e. The molecule has 0 bridgehead atoms. The van der Waals surface area contributed by atoms with E-state index in [2.05, 4.69) is 45.3 Å². The molecule has 2 aromatic carbocycles. The van der Waals surface area contributed by atoms with Crippen molar-refractivity contribution < 1.29 is 14.3 Å². The zero-order chi connectivity index (χ0) is 25.2. The molecule has 2 aliphatic rings. The van der Waals surface area contributed by atoms with Gasteiger partial charge in [0.1, 0.15) is 12.0 Å². The molecule has 190 valence electrons. The molecule has 7 heteroatoms. The second-order valence-corrected chi connectivity index (χ2v) is 10.1. The summed E-state index contributed by atoms with van der Waals surface area (Å²) in [6, 6.07) is 18.8. The van der Waals surface area contributed by atoms with E-state index in [0.717, 1.165) is 47.2 Å². The maximum atomic E-state index is 12.1. The molecule has 0 saturated heterocycles. The van der Waals surface area contributed by atoms with Crippen LogP contribution in [0.3, 0.4) is 0 Å². The SMILES string of the molecule is COC(=O)C1Cc2ccc(Nc3nn(C4CCCCC4)c4ccnc(OCc5ccccc5)c34)cc2C1. The number of rotatable bonds is 7. The Morgan fingerprint density at radius 2 is 1.84 bits per heavy atom. The molecule has 1 unspecified atom stereocenters. The number of nitrogens with one attached hydrogen (secondary N) is 1. The Hall–Kier alpha value is -3.87. The molecule has 37 heavy (non-hydrogen) atoms. The number of nitrogens with zero attached hydrogens (tertiary/aromatic N) is 3. The number of hydrogen-bond acceptors (Lipinski definition) is 6. The Kier molecular flexibility index (Phi) is 6.51. The number of carbonyl (C=O) groups excluding carboxylic acids is 1. The van der Waals surface area contributed by atoms with E-state index < -0.39 is 0 Å². The fourth-order valence-electron chi connectivity index (χ4n) is 5.75. The van der Waals surface area contributed by atoms with E-state index in [0.29, 0.717) is 24.9 Å². The average molecular weight is 497 g/mol. The van der Waals surface area contributed by atoms with Crippen LogP contribution in [-0.2, 0) is 29.0 Å². The van der Waals surface area contributed by atoms with E-state index in [-0.39, 0.29) is 11.9 Å². The molecular weight excluding hydrogens is 464 g/mol. The molecule has 0 amide bonds. The highest BCUT2D eigenvalue weighted by atomic mass is 16.5. The molecule has 6 rings (SSSR count). The molecule has 7 nitrogen and oxygen atoms in total. The van der Waals surface area contributed by atoms with E-state index in [9.17, 15) is 4.79 Å². The Morgan fingerprint density at radius 1 is 1.03 bits per heavy atom. The van der Waals surface area contributed by atoms with Crippen LogP contribution in [0.1, 0.15) is 54.8 Å². The second-order valence-electron chi connectivity index (χ2n) is 10.1. The Labute approximate surface area is 216 Å². The third kappa shape index (κ3) is 4.78. The number of esters is 1. The number of ether oxygens (including phenoxy) is 2. The summed E-state index contributed by atoms with van der Waals surface area (Å²) in [6.07, 6.45) is 9.24. The molecule has 1 fully saturated rings. The van der Waals surface area contributed by atoms with Gasteiger partial charge in [-0.25, -0.2) is 4.98 Å². The molecule has 0 radical (unpaired) electrons. The monoisotopic (exact) mass is 496 g/mol. The van der Waals surface area contributed by atoms with Crippen LogP contribution in [0.2, 0.25) is 0 Å². The molecule has 2 aliphatic carbocycles. The van der Waals surface area contributed by atoms with Crippen molar-refractivity contribution in [2.45, 2.75) is 57.6 Å². The number of hydrogen-bond donors (Lipinski definition) is 1. The summed E-state index contributed by atoms with van der Waals surface area (Å²) in [5, 5.41) is 9.55. The molecular formula is C30H32N4O3. The quantitative estimate of drug-likeness (QED) is 0.309. The van der Waals surface area contributed by atoms with Crippen molar-refractivity contribution in [2.24, 2.45) is 5.92 Å². The van der Waals surface area contributed by atoms with E-state index in [4.69, 9.17) is 14.6 Å². The molecule has 1 N–H and O–H groups in total. The highest BCUT2D eigenvalue weighted by Crippen LogP contribution is 2.38. The first-order valence-electron chi connectivity index (χ1n) is 13.2. The normalized spacial score (nSPS) is 17.5. The average Bonchev–Trinajstić information content (AvgIpc) is 3.54. The lowest BCUT2D eigenvalue weighted by Gasteiger charge is -2.22. The van der Waals surface area contributed by atoms with Crippen LogP contribution in [-0.4, -0.2) is 27.8 Å². The lowest BCUT2D eigenvalue weighted by Crippen LogP contribution is -2.15. The number of aromatic nitrogens is 3. The van der Waals surface area contributed by atoms with Gasteiger partial charge in [0.05, 0.1) is 24.6 Å². The lowest BCUT2D eigenvalue weighted by molar-refractivity contribution is -0.145. The lowest BCUT2D eigenvalue weighted by atomic mass is 9.95. The van der Waals surface area contributed by atoms with Gasteiger partial charge in [-0.1, -0.05) is 55.7 Å². The third-order valence-electron chi connectivity index (χ3n) is 7.66. The van der Waals surface area contributed by atoms with Crippen molar-refractivity contribution in [3.05, 3.63) is 77.5 Å². The predicted octanol–water partition coefficient (Wildman–Crippen LogP) is 6.15. The summed E-state index contributed by atoms with van der Waals surface area (Å²) in [5.74, 6) is 1.08. The Bertz CT molecular complexity index is 1410. The third-order valence-corrected chi connectivity index (χ3v) is 7.66. The van der Waals surface area contributed by atoms with Crippen LogP contribution < -0.4 is 10.1 Å². The Morgan fingerprint density at radius 3 is 2.65 bits per heavy atom. The molecule has 1 saturated carbocycles. The molecule has 2 heterocycles. The van der Waals surface area contributed by atoms with Gasteiger partial charge < -0.3 is 14.8 Å². The molecule has 4 aromatic rings. The van der Waals surface area contributed by atoms with Gasteiger partial charge in [-0.05, 0) is 60.6 Å². The molecule has 1 atom stereocenters. The summed E-state index contributed by atoms with van der Waals surface area (Å²) in [4.78, 5) is 16.7. The van der Waals surface area contributed by atoms with Crippen molar-refractivity contribution in [1.82, 2.24) is 14.8 Å². The standard InChI is InChI=1S/C30H32N4O3/c1-36-30(35)23-16-21-12-13-24(18-22(21)17-23)32-28-27-26(34(33-28)25-10-6-3-7-11-25)14-15-31-29(27)37-19-20-8-4-2-5-9-20/h2,4-5,8-9,12-15,18,23,25H,3,6-7,10-11,16-17,19H2,1H3,(H,32,33). The zero-order valence-electron chi connectivity index (χ0n) is 21.2. The van der Waals surface area contributed by atoms with Gasteiger partial charge in [-0.3, -0.25) is 9.48 Å². The highest BCUT2D eigenvalue weighted by Gasteiger charge is 2.29. The minimum Gasteiger partial charge on any atom is -0.472 e. The largest absolute Gasteiger partial charge is 0.472 e. The topological polar surface area (TPSA) is 78.3 Å². The van der Waals surface area contributed by atoms with Gasteiger partial charge in [-0.15, -0.1) is 0 Å². The van der Waals surface area contributed by atoms with Gasteiger partial charge >= 0.3 is 5.97 Å². The first kappa shape index (κ1) is 23.5. The van der Waals surface area contributed by atoms with E-state index in [1.54, 1.807) is 0 Å². The van der Waals surface area contributed by atoms with E-state index >= 15 is 0 Å². The van der Waals surface area contributed by atoms with Crippen LogP contribution in [0.15, 0.2) is 60.8 Å². The van der Waals surface area contributed by atoms with Crippen LogP contribution in [0.5, 0.6) is 5.88 Å². The molecule has 0 aliphatic heterocycles. The zero-order valence-corrected chi connectivity index (χ0v) is 21.2. The summed E-state index contributed by atoms with van der Waals surface area (Å²) < 4.78 is 13.4. The van der Waals surface area contributed by atoms with E-state index in [1.165, 1.54) is 37.5 Å². The number of pyridine rings is 1. The van der Waals surface area contributed by atoms with Crippen LogP contribution >= 0.6 is 0 Å². The van der Waals surface area contributed by atoms with Crippen LogP contribution in [0.25, 0.3) is 10.9 Å². The summed E-state index contributed by atoms with van der Waals surface area (Å²) >= 11 is 0. The van der Waals surface area contributed by atoms with Crippen LogP contribution in [0, 0.1) is 5.92 Å². The van der Waals surface area contributed by atoms with E-state index in [1.807, 2.05) is 30.5 Å². The van der Waals surface area contributed by atoms with Crippen molar-refractivity contribution in [1.29, 1.82) is 0 Å². The maximum absolute atomic E-state index is 12.1. The summed E-state index contributed by atoms with van der Waals surface area (Å²) in [5.41, 5.74) is 5.45. The first-order chi connectivity index (χ1) is 18.2. The highest BCUT2D eigenvalue weighted by molar-refractivity contribution is 5.96. The van der Waals surface area contributed by atoms with Crippen molar-refractivity contribution in [3.63, 3.8) is 0 Å². The summed E-state index contributed by atoms with van der Waals surface area (Å²) in [7, 11) is 1.46. The molecule has 0 spiro atoms. The van der Waals surface area contributed by atoms with Gasteiger partial charge in [0.15, 0.2) is 5.82 Å². The summed E-state index contributed by atoms with van der Waals surface area (Å²) in [6.45, 7) is 0.439. The van der Waals surface area contributed by atoms with Crippen molar-refractivity contribution in [2.75, 3.05) is 12.4 Å². The number of carbonyl (C=O) groups is 1. The number of methoxy groups -OCH3 is 1. The Balaban J connectivity index is 1.34. The van der Waals surface area contributed by atoms with Gasteiger partial charge in [-0.2, -0.15) is 5.10 Å². The second kappa shape index (κ2) is 10.2. The minimum atomic E-state index is -0.144. The number of benzene rings is 2. The smallest absolute Gasteiger partial charge is 0.309 e. The fourth-order valence-corrected chi connectivity index (χ4v) is 5.75. The van der Waals surface area contributed by atoms with Gasteiger partial charge in [0.25, 0.3) is 0 Å². The molecule has 2 aromatic heterocycles. The minimum absolute atomic E-state index is 0.108. The van der Waals surface area contributed by atoms with Crippen molar-refractivity contribution >= 4 is 28.4 Å². The van der Waals surface area contributed by atoms with Gasteiger partial charge in [0.2, 0.25) is 5.88 Å². The van der Waals surface area contributed by atoms with Crippen molar-refractivity contribution in [3.8, 4) is 5.88 Å². The fraction of sp³-hybridized carbons (Fsp3) is 0.367. The van der Waals surface area contributed by atoms with Crippen LogP contribution in [0.4, 0.5) is 11.5 Å². The predicted molar refractivity (Wildman–Crippen MR) is 143 cm³/mol. The number of anilines is 2. The van der Waals surface area contributed by atoms with Gasteiger partial charge in [0, 0.05) is 11.9 Å². The first-order valence-corrected chi connectivity index (χ1v) is 13.2. The number of fused-ring (bicyclic) bond motifs is 2.